The number of thiocarbonyl (C=S) groups is 1. The summed E-state index contributed by atoms with van der Waals surface area (Å²) >= 11 is 5.08. The summed E-state index contributed by atoms with van der Waals surface area (Å²) < 4.78 is 0. The second kappa shape index (κ2) is 3.59. The third-order valence-electron chi connectivity index (χ3n) is 1.72. The van der Waals surface area contributed by atoms with Crippen LogP contribution in [-0.4, -0.2) is 29.6 Å². The molecule has 0 aromatic carbocycles. The van der Waals surface area contributed by atoms with Crippen LogP contribution in [0, 0.1) is 12.3 Å². The first-order valence-electron chi connectivity index (χ1n) is 3.71. The summed E-state index contributed by atoms with van der Waals surface area (Å²) in [5.41, 5.74) is 0. The molecule has 0 unspecified atom stereocenters. The fourth-order valence-corrected chi connectivity index (χ4v) is 1.21. The molecule has 0 aliphatic heterocycles. The van der Waals surface area contributed by atoms with Crippen LogP contribution in [0.15, 0.2) is 0 Å². The van der Waals surface area contributed by atoms with E-state index >= 15 is 0 Å². The van der Waals surface area contributed by atoms with Gasteiger partial charge >= 0.3 is 0 Å². The highest BCUT2D eigenvalue weighted by Gasteiger charge is 2.29. The van der Waals surface area contributed by atoms with Crippen molar-refractivity contribution in [2.45, 2.75) is 18.9 Å². The summed E-state index contributed by atoms with van der Waals surface area (Å²) in [6.07, 6.45) is 7.66. The van der Waals surface area contributed by atoms with Gasteiger partial charge in [-0.3, -0.25) is 0 Å². The molecule has 11 heavy (non-hydrogen) atoms. The fraction of sp³-hybridized carbons (Fsp3) is 0.625. The summed E-state index contributed by atoms with van der Waals surface area (Å²) in [6.45, 7) is 0.629. The molecular weight excluding hydrogens is 156 g/mol. The lowest BCUT2D eigenvalue weighted by Gasteiger charge is -2.21. The first-order valence-corrected chi connectivity index (χ1v) is 4.12. The van der Waals surface area contributed by atoms with Gasteiger partial charge in [0.25, 0.3) is 0 Å². The lowest BCUT2D eigenvalue weighted by Crippen LogP contribution is -2.39. The Balaban J connectivity index is 2.45. The van der Waals surface area contributed by atoms with Gasteiger partial charge in [-0.05, 0) is 25.1 Å². The lowest BCUT2D eigenvalue weighted by molar-refractivity contribution is 0.454. The normalized spacial score (nSPS) is 15.3. The maximum atomic E-state index is 5.21. The van der Waals surface area contributed by atoms with Crippen molar-refractivity contribution < 1.29 is 0 Å². The van der Waals surface area contributed by atoms with Gasteiger partial charge in [-0.25, -0.2) is 0 Å². The Morgan fingerprint density at radius 1 is 1.82 bits per heavy atom. The van der Waals surface area contributed by atoms with Gasteiger partial charge in [0.15, 0.2) is 5.11 Å². The van der Waals surface area contributed by atoms with E-state index in [1.165, 1.54) is 12.8 Å². The highest BCUT2D eigenvalue weighted by molar-refractivity contribution is 7.80. The van der Waals surface area contributed by atoms with Crippen LogP contribution in [0.5, 0.6) is 0 Å². The van der Waals surface area contributed by atoms with Gasteiger partial charge in [0.05, 0.1) is 6.54 Å². The van der Waals surface area contributed by atoms with Gasteiger partial charge in [-0.2, -0.15) is 0 Å². The molecule has 1 saturated carbocycles. The number of terminal acetylenes is 1. The Morgan fingerprint density at radius 2 is 2.45 bits per heavy atom. The molecule has 0 aromatic rings. The molecule has 0 bridgehead atoms. The second-order valence-electron chi connectivity index (χ2n) is 2.62. The smallest absolute Gasteiger partial charge is 0.169 e. The van der Waals surface area contributed by atoms with Gasteiger partial charge in [0.2, 0.25) is 0 Å². The summed E-state index contributed by atoms with van der Waals surface area (Å²) in [5.74, 6) is 2.60. The van der Waals surface area contributed by atoms with Crippen molar-refractivity contribution in [2.24, 2.45) is 0 Å². The Kier molecular flexibility index (Phi) is 2.72. The molecule has 0 heterocycles. The van der Waals surface area contributed by atoms with Crippen LogP contribution in [0.25, 0.3) is 0 Å². The van der Waals surface area contributed by atoms with Gasteiger partial charge in [0.1, 0.15) is 0 Å². The van der Waals surface area contributed by atoms with E-state index in [0.29, 0.717) is 12.6 Å². The molecule has 3 heteroatoms. The van der Waals surface area contributed by atoms with E-state index in [-0.39, 0.29) is 0 Å². The van der Waals surface area contributed by atoms with Gasteiger partial charge in [0, 0.05) is 13.1 Å². The SMILES string of the molecule is C#CCN(C(=S)NC)C1CC1. The average Bonchev–Trinajstić information content (AvgIpc) is 2.81. The first kappa shape index (κ1) is 8.35. The van der Waals surface area contributed by atoms with Crippen LogP contribution in [0.4, 0.5) is 0 Å². The minimum Gasteiger partial charge on any atom is -0.366 e. The molecule has 1 fully saturated rings. The van der Waals surface area contributed by atoms with E-state index in [0.717, 1.165) is 5.11 Å². The molecule has 0 saturated heterocycles. The van der Waals surface area contributed by atoms with E-state index in [4.69, 9.17) is 18.6 Å². The van der Waals surface area contributed by atoms with Crippen LogP contribution >= 0.6 is 12.2 Å². The number of hydrogen-bond acceptors (Lipinski definition) is 1. The van der Waals surface area contributed by atoms with Crippen LogP contribution in [-0.2, 0) is 0 Å². The average molecular weight is 168 g/mol. The summed E-state index contributed by atoms with van der Waals surface area (Å²) in [5, 5.41) is 3.70. The molecule has 60 valence electrons. The lowest BCUT2D eigenvalue weighted by atomic mass is 10.5. The summed E-state index contributed by atoms with van der Waals surface area (Å²) in [7, 11) is 1.83. The molecular formula is C8H12N2S. The Labute approximate surface area is 73.0 Å². The molecule has 0 atom stereocenters. The Hall–Kier alpha value is -0.750. The Bertz CT molecular complexity index is 191. The summed E-state index contributed by atoms with van der Waals surface area (Å²) in [4.78, 5) is 2.06. The largest absolute Gasteiger partial charge is 0.366 e. The van der Waals surface area contributed by atoms with Crippen molar-refractivity contribution in [3.63, 3.8) is 0 Å². The number of rotatable bonds is 2. The minimum atomic E-state index is 0.603. The van der Waals surface area contributed by atoms with Crippen molar-refractivity contribution in [1.29, 1.82) is 0 Å². The zero-order valence-corrected chi connectivity index (χ0v) is 7.45. The third-order valence-corrected chi connectivity index (χ3v) is 2.16. The molecule has 2 nitrogen and oxygen atoms in total. The molecule has 1 aliphatic carbocycles. The van der Waals surface area contributed by atoms with E-state index in [1.54, 1.807) is 0 Å². The molecule has 1 N–H and O–H groups in total. The summed E-state index contributed by atoms with van der Waals surface area (Å²) in [6, 6.07) is 0.603. The predicted octanol–water partition coefficient (Wildman–Crippen LogP) is 0.588. The number of nitrogens with zero attached hydrogens (tertiary/aromatic N) is 1. The van der Waals surface area contributed by atoms with E-state index in [1.807, 2.05) is 7.05 Å². The second-order valence-corrected chi connectivity index (χ2v) is 3.01. The third kappa shape index (κ3) is 2.09. The maximum absolute atomic E-state index is 5.21. The molecule has 1 aliphatic rings. The minimum absolute atomic E-state index is 0.603. The highest BCUT2D eigenvalue weighted by Crippen LogP contribution is 2.26. The zero-order valence-electron chi connectivity index (χ0n) is 6.63. The molecule has 0 spiro atoms. The molecule has 0 aromatic heterocycles. The van der Waals surface area contributed by atoms with E-state index in [2.05, 4.69) is 16.1 Å². The van der Waals surface area contributed by atoms with Gasteiger partial charge in [-0.15, -0.1) is 6.42 Å². The van der Waals surface area contributed by atoms with Crippen molar-refractivity contribution in [2.75, 3.05) is 13.6 Å². The zero-order chi connectivity index (χ0) is 8.27. The van der Waals surface area contributed by atoms with Gasteiger partial charge < -0.3 is 10.2 Å². The molecule has 1 rings (SSSR count). The number of nitrogens with one attached hydrogen (secondary N) is 1. The van der Waals surface area contributed by atoms with Crippen molar-refractivity contribution >= 4 is 17.3 Å². The van der Waals surface area contributed by atoms with Crippen molar-refractivity contribution in [3.05, 3.63) is 0 Å². The first-order chi connectivity index (χ1) is 5.29. The van der Waals surface area contributed by atoms with E-state index < -0.39 is 0 Å². The highest BCUT2D eigenvalue weighted by atomic mass is 32.1. The van der Waals surface area contributed by atoms with Crippen LogP contribution in [0.3, 0.4) is 0 Å². The standard InChI is InChI=1S/C8H12N2S/c1-3-6-10(7-4-5-7)8(11)9-2/h1,7H,4-6H2,2H3,(H,9,11). The fourth-order valence-electron chi connectivity index (χ4n) is 0.995. The van der Waals surface area contributed by atoms with Crippen LogP contribution in [0.2, 0.25) is 0 Å². The van der Waals surface area contributed by atoms with Gasteiger partial charge in [-0.1, -0.05) is 5.92 Å². The quantitative estimate of drug-likeness (QED) is 0.480. The van der Waals surface area contributed by atoms with Crippen LogP contribution in [0.1, 0.15) is 12.8 Å². The molecule has 0 radical (unpaired) electrons. The topological polar surface area (TPSA) is 15.3 Å². The van der Waals surface area contributed by atoms with Crippen molar-refractivity contribution in [3.8, 4) is 12.3 Å². The Morgan fingerprint density at radius 3 is 2.82 bits per heavy atom. The number of hydrogen-bond donors (Lipinski definition) is 1. The van der Waals surface area contributed by atoms with Crippen molar-refractivity contribution in [1.82, 2.24) is 10.2 Å². The van der Waals surface area contributed by atoms with Crippen LogP contribution < -0.4 is 5.32 Å². The monoisotopic (exact) mass is 168 g/mol. The molecule has 0 amide bonds. The predicted molar refractivity (Wildman–Crippen MR) is 50.2 cm³/mol. The maximum Gasteiger partial charge on any atom is 0.169 e. The van der Waals surface area contributed by atoms with E-state index in [9.17, 15) is 0 Å².